The van der Waals surface area contributed by atoms with Crippen molar-refractivity contribution in [2.24, 2.45) is 5.92 Å². The molecule has 1 aromatic rings. The molecule has 3 nitrogen and oxygen atoms in total. The minimum Gasteiger partial charge on any atom is -0.399 e. The number of rotatable bonds is 4. The molecule has 1 aliphatic carbocycles. The van der Waals surface area contributed by atoms with Crippen LogP contribution in [0.2, 0.25) is 0 Å². The lowest BCUT2D eigenvalue weighted by Gasteiger charge is -2.21. The highest BCUT2D eigenvalue weighted by molar-refractivity contribution is 9.10. The molecule has 1 aliphatic rings. The minimum atomic E-state index is 0.0804. The van der Waals surface area contributed by atoms with E-state index < -0.39 is 0 Å². The second kappa shape index (κ2) is 6.94. The average molecular weight is 325 g/mol. The first-order chi connectivity index (χ1) is 9.15. The first-order valence-electron chi connectivity index (χ1n) is 7.00. The zero-order valence-corrected chi connectivity index (χ0v) is 12.7. The number of anilines is 2. The number of nitrogens with two attached hydrogens (primary N) is 1. The van der Waals surface area contributed by atoms with Crippen LogP contribution in [0.5, 0.6) is 0 Å². The molecule has 0 unspecified atom stereocenters. The zero-order valence-electron chi connectivity index (χ0n) is 11.1. The van der Waals surface area contributed by atoms with Crippen molar-refractivity contribution in [3.63, 3.8) is 0 Å². The topological polar surface area (TPSA) is 55.1 Å². The number of benzene rings is 1. The molecule has 0 spiro atoms. The van der Waals surface area contributed by atoms with Crippen LogP contribution in [0.25, 0.3) is 0 Å². The first kappa shape index (κ1) is 14.4. The third kappa shape index (κ3) is 4.53. The minimum absolute atomic E-state index is 0.0804. The monoisotopic (exact) mass is 324 g/mol. The van der Waals surface area contributed by atoms with Crippen molar-refractivity contribution in [3.8, 4) is 0 Å². The molecular weight excluding hydrogens is 304 g/mol. The van der Waals surface area contributed by atoms with E-state index in [1.807, 2.05) is 12.1 Å². The van der Waals surface area contributed by atoms with Crippen molar-refractivity contribution in [2.75, 3.05) is 11.1 Å². The summed E-state index contributed by atoms with van der Waals surface area (Å²) in [4.78, 5) is 11.9. The molecule has 0 radical (unpaired) electrons. The SMILES string of the molecule is Nc1ccc(Br)c(NC(=O)CCC2CCCCC2)c1. The van der Waals surface area contributed by atoms with Gasteiger partial charge in [0, 0.05) is 16.6 Å². The van der Waals surface area contributed by atoms with Crippen LogP contribution >= 0.6 is 15.9 Å². The van der Waals surface area contributed by atoms with Gasteiger partial charge in [-0.15, -0.1) is 0 Å². The molecule has 1 aromatic carbocycles. The summed E-state index contributed by atoms with van der Waals surface area (Å²) < 4.78 is 0.868. The van der Waals surface area contributed by atoms with E-state index in [1.165, 1.54) is 32.1 Å². The lowest BCUT2D eigenvalue weighted by atomic mass is 9.86. The number of carbonyl (C=O) groups is 1. The van der Waals surface area contributed by atoms with Crippen LogP contribution in [-0.2, 0) is 4.79 Å². The maximum atomic E-state index is 11.9. The van der Waals surface area contributed by atoms with E-state index in [0.717, 1.165) is 22.5 Å². The van der Waals surface area contributed by atoms with E-state index in [2.05, 4.69) is 21.2 Å². The molecule has 0 saturated heterocycles. The van der Waals surface area contributed by atoms with Crippen LogP contribution in [0.1, 0.15) is 44.9 Å². The Hall–Kier alpha value is -1.03. The Bertz CT molecular complexity index is 442. The molecule has 0 heterocycles. The quantitative estimate of drug-likeness (QED) is 0.810. The Morgan fingerprint density at radius 2 is 2.05 bits per heavy atom. The highest BCUT2D eigenvalue weighted by Gasteiger charge is 2.15. The van der Waals surface area contributed by atoms with Gasteiger partial charge in [-0.1, -0.05) is 32.1 Å². The Balaban J connectivity index is 1.81. The molecule has 4 heteroatoms. The fourth-order valence-corrected chi connectivity index (χ4v) is 3.01. The third-order valence-electron chi connectivity index (χ3n) is 3.77. The molecule has 0 aromatic heterocycles. The van der Waals surface area contributed by atoms with E-state index in [4.69, 9.17) is 5.73 Å². The number of nitrogens with one attached hydrogen (secondary N) is 1. The molecule has 1 amide bonds. The smallest absolute Gasteiger partial charge is 0.224 e. The Morgan fingerprint density at radius 3 is 2.79 bits per heavy atom. The largest absolute Gasteiger partial charge is 0.399 e. The molecule has 0 atom stereocenters. The average Bonchev–Trinajstić information content (AvgIpc) is 2.42. The number of halogens is 1. The second-order valence-electron chi connectivity index (χ2n) is 5.33. The molecule has 1 saturated carbocycles. The van der Waals surface area contributed by atoms with Gasteiger partial charge in [-0.25, -0.2) is 0 Å². The summed E-state index contributed by atoms with van der Waals surface area (Å²) in [5.41, 5.74) is 7.14. The summed E-state index contributed by atoms with van der Waals surface area (Å²) in [5.74, 6) is 0.820. The number of hydrogen-bond donors (Lipinski definition) is 2. The first-order valence-corrected chi connectivity index (χ1v) is 7.79. The highest BCUT2D eigenvalue weighted by Crippen LogP contribution is 2.28. The summed E-state index contributed by atoms with van der Waals surface area (Å²) >= 11 is 3.42. The Morgan fingerprint density at radius 1 is 1.32 bits per heavy atom. The lowest BCUT2D eigenvalue weighted by molar-refractivity contribution is -0.116. The molecule has 3 N–H and O–H groups in total. The summed E-state index contributed by atoms with van der Waals surface area (Å²) in [5, 5.41) is 2.92. The number of amides is 1. The Labute approximate surface area is 123 Å². The van der Waals surface area contributed by atoms with E-state index in [0.29, 0.717) is 12.1 Å². The van der Waals surface area contributed by atoms with Crippen molar-refractivity contribution in [1.82, 2.24) is 0 Å². The summed E-state index contributed by atoms with van der Waals surface area (Å²) in [6.45, 7) is 0. The van der Waals surface area contributed by atoms with Gasteiger partial charge in [0.2, 0.25) is 5.91 Å². The molecule has 19 heavy (non-hydrogen) atoms. The summed E-state index contributed by atoms with van der Waals surface area (Å²) in [6.07, 6.45) is 8.20. The fraction of sp³-hybridized carbons (Fsp3) is 0.533. The molecule has 0 bridgehead atoms. The maximum Gasteiger partial charge on any atom is 0.224 e. The number of nitrogen functional groups attached to an aromatic ring is 1. The second-order valence-corrected chi connectivity index (χ2v) is 6.18. The van der Waals surface area contributed by atoms with E-state index >= 15 is 0 Å². The van der Waals surface area contributed by atoms with Crippen molar-refractivity contribution < 1.29 is 4.79 Å². The third-order valence-corrected chi connectivity index (χ3v) is 4.46. The van der Waals surface area contributed by atoms with Gasteiger partial charge in [0.05, 0.1) is 5.69 Å². The van der Waals surface area contributed by atoms with Gasteiger partial charge < -0.3 is 11.1 Å². The van der Waals surface area contributed by atoms with Crippen molar-refractivity contribution in [2.45, 2.75) is 44.9 Å². The van der Waals surface area contributed by atoms with Crippen LogP contribution in [0.3, 0.4) is 0 Å². The van der Waals surface area contributed by atoms with Gasteiger partial charge in [-0.2, -0.15) is 0 Å². The standard InChI is InChI=1S/C15H21BrN2O/c16-13-8-7-12(17)10-14(13)18-15(19)9-6-11-4-2-1-3-5-11/h7-8,10-11H,1-6,9,17H2,(H,18,19). The normalized spacial score (nSPS) is 16.3. The fourth-order valence-electron chi connectivity index (χ4n) is 2.66. The van der Waals surface area contributed by atoms with Gasteiger partial charge in [0.25, 0.3) is 0 Å². The van der Waals surface area contributed by atoms with Crippen LogP contribution in [0.15, 0.2) is 22.7 Å². The van der Waals surface area contributed by atoms with Crippen LogP contribution in [-0.4, -0.2) is 5.91 Å². The summed E-state index contributed by atoms with van der Waals surface area (Å²) in [6, 6.07) is 5.44. The van der Waals surface area contributed by atoms with Crippen LogP contribution in [0.4, 0.5) is 11.4 Å². The van der Waals surface area contributed by atoms with E-state index in [1.54, 1.807) is 6.07 Å². The van der Waals surface area contributed by atoms with Gasteiger partial charge in [0.1, 0.15) is 0 Å². The van der Waals surface area contributed by atoms with Gasteiger partial charge in [-0.3, -0.25) is 4.79 Å². The van der Waals surface area contributed by atoms with Gasteiger partial charge in [-0.05, 0) is 46.5 Å². The maximum absolute atomic E-state index is 11.9. The summed E-state index contributed by atoms with van der Waals surface area (Å²) in [7, 11) is 0. The predicted molar refractivity (Wildman–Crippen MR) is 83.0 cm³/mol. The lowest BCUT2D eigenvalue weighted by Crippen LogP contribution is -2.15. The molecule has 0 aliphatic heterocycles. The molecule has 1 fully saturated rings. The number of carbonyl (C=O) groups excluding carboxylic acids is 1. The Kier molecular flexibility index (Phi) is 5.25. The molecule has 2 rings (SSSR count). The van der Waals surface area contributed by atoms with Crippen molar-refractivity contribution in [3.05, 3.63) is 22.7 Å². The predicted octanol–water partition coefficient (Wildman–Crippen LogP) is 4.33. The van der Waals surface area contributed by atoms with Gasteiger partial charge >= 0.3 is 0 Å². The van der Waals surface area contributed by atoms with Crippen molar-refractivity contribution >= 4 is 33.2 Å². The van der Waals surface area contributed by atoms with E-state index in [-0.39, 0.29) is 5.91 Å². The van der Waals surface area contributed by atoms with Gasteiger partial charge in [0.15, 0.2) is 0 Å². The van der Waals surface area contributed by atoms with Crippen molar-refractivity contribution in [1.29, 1.82) is 0 Å². The van der Waals surface area contributed by atoms with Crippen LogP contribution in [0, 0.1) is 5.92 Å². The molecule has 104 valence electrons. The number of hydrogen-bond acceptors (Lipinski definition) is 2. The highest BCUT2D eigenvalue weighted by atomic mass is 79.9. The van der Waals surface area contributed by atoms with Crippen LogP contribution < -0.4 is 11.1 Å². The molecular formula is C15H21BrN2O. The van der Waals surface area contributed by atoms with E-state index in [9.17, 15) is 4.79 Å². The zero-order chi connectivity index (χ0) is 13.7.